The Kier molecular flexibility index (Phi) is 6.18. The van der Waals surface area contributed by atoms with Gasteiger partial charge in [-0.25, -0.2) is 4.79 Å². The van der Waals surface area contributed by atoms with Gasteiger partial charge in [0.15, 0.2) is 18.1 Å². The Morgan fingerprint density at radius 3 is 2.50 bits per heavy atom. The van der Waals surface area contributed by atoms with Gasteiger partial charge in [-0.15, -0.1) is 0 Å². The van der Waals surface area contributed by atoms with E-state index in [4.69, 9.17) is 14.2 Å². The summed E-state index contributed by atoms with van der Waals surface area (Å²) >= 11 is 0. The number of esters is 1. The fourth-order valence-electron chi connectivity index (χ4n) is 3.70. The predicted molar refractivity (Wildman–Crippen MR) is 111 cm³/mol. The van der Waals surface area contributed by atoms with E-state index in [-0.39, 0.29) is 12.5 Å². The lowest BCUT2D eigenvalue weighted by Crippen LogP contribution is -2.49. The molecule has 1 saturated heterocycles. The Balaban J connectivity index is 1.23. The topological polar surface area (TPSA) is 68.3 Å². The largest absolute Gasteiger partial charge is 0.486 e. The maximum Gasteiger partial charge on any atom is 0.338 e. The molecule has 158 valence electrons. The summed E-state index contributed by atoms with van der Waals surface area (Å²) in [6, 6.07) is 13.4. The molecule has 0 saturated carbocycles. The van der Waals surface area contributed by atoms with Gasteiger partial charge in [-0.2, -0.15) is 0 Å². The van der Waals surface area contributed by atoms with Gasteiger partial charge in [-0.1, -0.05) is 29.8 Å². The van der Waals surface area contributed by atoms with Crippen molar-refractivity contribution >= 4 is 11.9 Å². The zero-order valence-corrected chi connectivity index (χ0v) is 17.1. The average molecular weight is 410 g/mol. The lowest BCUT2D eigenvalue weighted by atomic mass is 10.1. The third kappa shape index (κ3) is 4.91. The molecule has 7 heteroatoms. The SMILES string of the molecule is Cc1cccc(CN2CCN(C(=O)COC(=O)c3ccc4c(c3)OCCO4)CC2)c1. The van der Waals surface area contributed by atoms with Crippen molar-refractivity contribution in [2.75, 3.05) is 46.0 Å². The van der Waals surface area contributed by atoms with Crippen molar-refractivity contribution in [3.63, 3.8) is 0 Å². The second-order valence-electron chi connectivity index (χ2n) is 7.58. The summed E-state index contributed by atoms with van der Waals surface area (Å²) in [5.41, 5.74) is 2.87. The number of hydrogen-bond donors (Lipinski definition) is 0. The number of benzene rings is 2. The summed E-state index contributed by atoms with van der Waals surface area (Å²) in [6.07, 6.45) is 0. The van der Waals surface area contributed by atoms with Gasteiger partial charge in [-0.05, 0) is 30.7 Å². The number of carbonyl (C=O) groups excluding carboxylic acids is 2. The first kappa shape index (κ1) is 20.2. The second-order valence-corrected chi connectivity index (χ2v) is 7.58. The Bertz CT molecular complexity index is 922. The number of amides is 1. The zero-order valence-electron chi connectivity index (χ0n) is 17.1. The summed E-state index contributed by atoms with van der Waals surface area (Å²) < 4.78 is 16.2. The number of piperazine rings is 1. The Morgan fingerprint density at radius 1 is 0.967 bits per heavy atom. The first-order valence-corrected chi connectivity index (χ1v) is 10.2. The standard InChI is InChI=1S/C23H26N2O5/c1-17-3-2-4-18(13-17)15-24-7-9-25(10-8-24)22(26)16-30-23(27)19-5-6-20-21(14-19)29-12-11-28-20/h2-6,13-14H,7-12,15-16H2,1H3. The first-order chi connectivity index (χ1) is 14.6. The fraction of sp³-hybridized carbons (Fsp3) is 0.391. The Labute approximate surface area is 176 Å². The number of aryl methyl sites for hydroxylation is 1. The molecule has 0 atom stereocenters. The quantitative estimate of drug-likeness (QED) is 0.705. The fourth-order valence-corrected chi connectivity index (χ4v) is 3.70. The molecule has 0 unspecified atom stereocenters. The normalized spacial score (nSPS) is 16.2. The molecular weight excluding hydrogens is 384 g/mol. The minimum atomic E-state index is -0.543. The van der Waals surface area contributed by atoms with Crippen LogP contribution in [0.15, 0.2) is 42.5 Å². The number of fused-ring (bicyclic) bond motifs is 1. The number of rotatable bonds is 5. The van der Waals surface area contributed by atoms with Crippen LogP contribution in [0.5, 0.6) is 11.5 Å². The van der Waals surface area contributed by atoms with Crippen molar-refractivity contribution < 1.29 is 23.8 Å². The molecule has 0 N–H and O–H groups in total. The van der Waals surface area contributed by atoms with E-state index in [1.54, 1.807) is 23.1 Å². The van der Waals surface area contributed by atoms with E-state index in [2.05, 4.69) is 36.1 Å². The van der Waals surface area contributed by atoms with Crippen molar-refractivity contribution in [3.8, 4) is 11.5 Å². The number of ether oxygens (including phenoxy) is 3. The van der Waals surface area contributed by atoms with Crippen LogP contribution in [0.25, 0.3) is 0 Å². The minimum absolute atomic E-state index is 0.170. The highest BCUT2D eigenvalue weighted by Crippen LogP contribution is 2.30. The molecule has 2 aliphatic rings. The lowest BCUT2D eigenvalue weighted by molar-refractivity contribution is -0.136. The highest BCUT2D eigenvalue weighted by atomic mass is 16.6. The molecule has 7 nitrogen and oxygen atoms in total. The van der Waals surface area contributed by atoms with Crippen molar-refractivity contribution in [3.05, 3.63) is 59.2 Å². The van der Waals surface area contributed by atoms with Gasteiger partial charge >= 0.3 is 5.97 Å². The monoisotopic (exact) mass is 410 g/mol. The lowest BCUT2D eigenvalue weighted by Gasteiger charge is -2.34. The minimum Gasteiger partial charge on any atom is -0.486 e. The molecule has 0 aliphatic carbocycles. The summed E-state index contributed by atoms with van der Waals surface area (Å²) in [5, 5.41) is 0. The van der Waals surface area contributed by atoms with E-state index in [0.717, 1.165) is 19.6 Å². The molecule has 0 bridgehead atoms. The van der Waals surface area contributed by atoms with E-state index in [1.807, 2.05) is 0 Å². The van der Waals surface area contributed by atoms with Crippen LogP contribution in [0.1, 0.15) is 21.5 Å². The molecule has 1 amide bonds. The number of hydrogen-bond acceptors (Lipinski definition) is 6. The molecule has 2 aromatic rings. The summed E-state index contributed by atoms with van der Waals surface area (Å²) in [4.78, 5) is 28.9. The van der Waals surface area contributed by atoms with Gasteiger partial charge < -0.3 is 19.1 Å². The van der Waals surface area contributed by atoms with Crippen molar-refractivity contribution in [1.82, 2.24) is 9.80 Å². The highest BCUT2D eigenvalue weighted by Gasteiger charge is 2.23. The Morgan fingerprint density at radius 2 is 1.73 bits per heavy atom. The van der Waals surface area contributed by atoms with Gasteiger partial charge in [0.05, 0.1) is 5.56 Å². The maximum atomic E-state index is 12.5. The number of nitrogens with zero attached hydrogens (tertiary/aromatic N) is 2. The first-order valence-electron chi connectivity index (χ1n) is 10.2. The molecule has 0 radical (unpaired) electrons. The Hall–Kier alpha value is -3.06. The predicted octanol–water partition coefficient (Wildman–Crippen LogP) is 2.27. The van der Waals surface area contributed by atoms with Crippen LogP contribution in [0, 0.1) is 6.92 Å². The summed E-state index contributed by atoms with van der Waals surface area (Å²) in [5.74, 6) is 0.415. The molecule has 1 fully saturated rings. The van der Waals surface area contributed by atoms with Gasteiger partial charge in [-0.3, -0.25) is 9.69 Å². The zero-order chi connectivity index (χ0) is 20.9. The molecule has 4 rings (SSSR count). The molecule has 0 spiro atoms. The van der Waals surface area contributed by atoms with Crippen LogP contribution >= 0.6 is 0 Å². The van der Waals surface area contributed by atoms with Gasteiger partial charge in [0.2, 0.25) is 0 Å². The van der Waals surface area contributed by atoms with Crippen molar-refractivity contribution in [1.29, 1.82) is 0 Å². The van der Waals surface area contributed by atoms with Gasteiger partial charge in [0.1, 0.15) is 13.2 Å². The summed E-state index contributed by atoms with van der Waals surface area (Å²) in [7, 11) is 0. The van der Waals surface area contributed by atoms with Crippen molar-refractivity contribution in [2.45, 2.75) is 13.5 Å². The number of carbonyl (C=O) groups is 2. The van der Waals surface area contributed by atoms with Crippen LogP contribution < -0.4 is 9.47 Å². The second kappa shape index (κ2) is 9.17. The van der Waals surface area contributed by atoms with E-state index < -0.39 is 5.97 Å². The van der Waals surface area contributed by atoms with Gasteiger partial charge in [0.25, 0.3) is 5.91 Å². The van der Waals surface area contributed by atoms with E-state index in [1.165, 1.54) is 11.1 Å². The molecule has 2 aromatic carbocycles. The van der Waals surface area contributed by atoms with E-state index in [0.29, 0.717) is 43.4 Å². The molecule has 0 aromatic heterocycles. The average Bonchev–Trinajstić information content (AvgIpc) is 2.77. The van der Waals surface area contributed by atoms with Crippen LogP contribution in [-0.4, -0.2) is 67.7 Å². The van der Waals surface area contributed by atoms with Gasteiger partial charge in [0, 0.05) is 32.7 Å². The van der Waals surface area contributed by atoms with Crippen LogP contribution in [0.3, 0.4) is 0 Å². The molecule has 2 heterocycles. The highest BCUT2D eigenvalue weighted by molar-refractivity contribution is 5.92. The van der Waals surface area contributed by atoms with Crippen LogP contribution in [0.2, 0.25) is 0 Å². The smallest absolute Gasteiger partial charge is 0.338 e. The third-order valence-electron chi connectivity index (χ3n) is 5.32. The van der Waals surface area contributed by atoms with Crippen LogP contribution in [0.4, 0.5) is 0 Å². The summed E-state index contributed by atoms with van der Waals surface area (Å²) in [6.45, 7) is 6.51. The van der Waals surface area contributed by atoms with E-state index >= 15 is 0 Å². The molecular formula is C23H26N2O5. The molecule has 2 aliphatic heterocycles. The van der Waals surface area contributed by atoms with E-state index in [9.17, 15) is 9.59 Å². The third-order valence-corrected chi connectivity index (χ3v) is 5.32. The van der Waals surface area contributed by atoms with Crippen LogP contribution in [-0.2, 0) is 16.1 Å². The van der Waals surface area contributed by atoms with Crippen molar-refractivity contribution in [2.24, 2.45) is 0 Å². The molecule has 30 heavy (non-hydrogen) atoms. The maximum absolute atomic E-state index is 12.5.